The molecule has 1 saturated heterocycles. The molecule has 1 heterocycles. The zero-order valence-corrected chi connectivity index (χ0v) is 11.6. The van der Waals surface area contributed by atoms with Crippen molar-refractivity contribution in [2.75, 3.05) is 0 Å². The van der Waals surface area contributed by atoms with E-state index in [9.17, 15) is 14.6 Å². The van der Waals surface area contributed by atoms with Gasteiger partial charge in [0.15, 0.2) is 0 Å². The maximum Gasteiger partial charge on any atom is 0.478 e. The van der Waals surface area contributed by atoms with Gasteiger partial charge in [0.1, 0.15) is 12.9 Å². The Balaban J connectivity index is 1.74. The molecule has 2 unspecified atom stereocenters. The second kappa shape index (κ2) is 7.80. The zero-order chi connectivity index (χ0) is 15.1. The number of carbonyl (C=O) groups is 2. The number of amides is 1. The minimum Gasteiger partial charge on any atom is -0.445 e. The van der Waals surface area contributed by atoms with E-state index >= 15 is 0 Å². The molecular formula is C14H18BNO5. The normalized spacial score (nSPS) is 21.7. The molecule has 1 aliphatic rings. The molecule has 1 fully saturated rings. The quantitative estimate of drug-likeness (QED) is 0.626. The molecule has 0 radical (unpaired) electrons. The molecule has 1 aromatic rings. The first kappa shape index (κ1) is 15.5. The Kier molecular flexibility index (Phi) is 5.77. The highest BCUT2D eigenvalue weighted by molar-refractivity contribution is 6.45. The Morgan fingerprint density at radius 3 is 2.86 bits per heavy atom. The molecule has 0 spiro atoms. The molecule has 6 nitrogen and oxygen atoms in total. The van der Waals surface area contributed by atoms with Gasteiger partial charge in [-0.15, -0.1) is 0 Å². The highest BCUT2D eigenvalue weighted by Gasteiger charge is 2.36. The smallest absolute Gasteiger partial charge is 0.445 e. The predicted octanol–water partition coefficient (Wildman–Crippen LogP) is 1.07. The van der Waals surface area contributed by atoms with E-state index in [1.807, 2.05) is 30.3 Å². The molecule has 21 heavy (non-hydrogen) atoms. The summed E-state index contributed by atoms with van der Waals surface area (Å²) in [4.78, 5) is 22.1. The Morgan fingerprint density at radius 2 is 2.19 bits per heavy atom. The van der Waals surface area contributed by atoms with Crippen molar-refractivity contribution in [3.8, 4) is 0 Å². The van der Waals surface area contributed by atoms with Crippen LogP contribution < -0.4 is 5.32 Å². The number of rotatable bonds is 5. The summed E-state index contributed by atoms with van der Waals surface area (Å²) in [6, 6.07) is 9.33. The van der Waals surface area contributed by atoms with E-state index in [4.69, 9.17) is 9.39 Å². The Morgan fingerprint density at radius 1 is 1.43 bits per heavy atom. The van der Waals surface area contributed by atoms with Gasteiger partial charge in [-0.2, -0.15) is 0 Å². The average molecular weight is 291 g/mol. The number of nitrogens with one attached hydrogen (secondary N) is 1. The van der Waals surface area contributed by atoms with Crippen LogP contribution in [-0.4, -0.2) is 36.6 Å². The van der Waals surface area contributed by atoms with Crippen LogP contribution in [0, 0.1) is 0 Å². The fourth-order valence-corrected chi connectivity index (χ4v) is 2.21. The number of carbonyl (C=O) groups excluding carboxylic acids is 2. The Hall–Kier alpha value is -1.86. The molecule has 0 bridgehead atoms. The molecule has 2 N–H and O–H groups in total. The van der Waals surface area contributed by atoms with E-state index in [0.717, 1.165) is 11.8 Å². The van der Waals surface area contributed by atoms with Gasteiger partial charge >= 0.3 is 13.2 Å². The molecule has 7 heteroatoms. The van der Waals surface area contributed by atoms with Crippen LogP contribution in [0.5, 0.6) is 0 Å². The molecule has 1 aliphatic heterocycles. The second-order valence-electron chi connectivity index (χ2n) is 4.94. The van der Waals surface area contributed by atoms with Gasteiger partial charge in [-0.05, 0) is 18.4 Å². The zero-order valence-electron chi connectivity index (χ0n) is 11.6. The van der Waals surface area contributed by atoms with Crippen LogP contribution in [0.2, 0.25) is 0 Å². The van der Waals surface area contributed by atoms with Gasteiger partial charge < -0.3 is 24.5 Å². The van der Waals surface area contributed by atoms with Gasteiger partial charge in [0, 0.05) is 12.5 Å². The van der Waals surface area contributed by atoms with Crippen molar-refractivity contribution in [2.24, 2.45) is 0 Å². The summed E-state index contributed by atoms with van der Waals surface area (Å²) < 4.78 is 10.3. The van der Waals surface area contributed by atoms with Crippen molar-refractivity contribution in [3.63, 3.8) is 0 Å². The summed E-state index contributed by atoms with van der Waals surface area (Å²) in [5, 5.41) is 12.4. The van der Waals surface area contributed by atoms with E-state index in [-0.39, 0.29) is 19.1 Å². The molecule has 0 aliphatic carbocycles. The lowest BCUT2D eigenvalue weighted by Crippen LogP contribution is -2.52. The molecule has 1 aromatic carbocycles. The van der Waals surface area contributed by atoms with E-state index in [2.05, 4.69) is 5.32 Å². The van der Waals surface area contributed by atoms with Crippen molar-refractivity contribution in [3.05, 3.63) is 35.9 Å². The molecule has 2 atom stereocenters. The van der Waals surface area contributed by atoms with Crippen molar-refractivity contribution < 1.29 is 24.0 Å². The minimum absolute atomic E-state index is 0.171. The maximum absolute atomic E-state index is 11.7. The topological polar surface area (TPSA) is 84.9 Å². The molecule has 0 saturated carbocycles. The van der Waals surface area contributed by atoms with Gasteiger partial charge in [-0.3, -0.25) is 0 Å². The molecule has 2 rings (SSSR count). The van der Waals surface area contributed by atoms with Crippen molar-refractivity contribution in [1.29, 1.82) is 0 Å². The third-order valence-corrected chi connectivity index (χ3v) is 3.35. The number of alkyl carbamates (subject to hydrolysis) is 1. The third-order valence-electron chi connectivity index (χ3n) is 3.35. The number of ether oxygens (including phenoxy) is 1. The average Bonchev–Trinajstić information content (AvgIpc) is 2.49. The number of hydrogen-bond donors (Lipinski definition) is 2. The van der Waals surface area contributed by atoms with Gasteiger partial charge in [-0.1, -0.05) is 30.3 Å². The highest BCUT2D eigenvalue weighted by atomic mass is 16.6. The highest BCUT2D eigenvalue weighted by Crippen LogP contribution is 2.18. The van der Waals surface area contributed by atoms with Crippen molar-refractivity contribution in [1.82, 2.24) is 5.32 Å². The van der Waals surface area contributed by atoms with Gasteiger partial charge in [0.25, 0.3) is 0 Å². The first-order valence-electron chi connectivity index (χ1n) is 6.93. The summed E-state index contributed by atoms with van der Waals surface area (Å²) in [6.07, 6.45) is 1.29. The number of aldehydes is 1. The lowest BCUT2D eigenvalue weighted by Gasteiger charge is -2.30. The summed E-state index contributed by atoms with van der Waals surface area (Å²) in [5.41, 5.74) is 0.888. The molecule has 1 amide bonds. The summed E-state index contributed by atoms with van der Waals surface area (Å²) in [5.74, 6) is -0.517. The molecule has 0 aromatic heterocycles. The van der Waals surface area contributed by atoms with Crippen LogP contribution in [0.25, 0.3) is 0 Å². The first-order chi connectivity index (χ1) is 10.2. The second-order valence-corrected chi connectivity index (χ2v) is 4.94. The van der Waals surface area contributed by atoms with Crippen LogP contribution in [-0.2, 0) is 20.8 Å². The SMILES string of the molecule is O=CCC1CCC(NC(=O)OCc2ccccc2)B(O)O1. The van der Waals surface area contributed by atoms with Gasteiger partial charge in [-0.25, -0.2) is 4.79 Å². The molecular weight excluding hydrogens is 273 g/mol. The summed E-state index contributed by atoms with van der Waals surface area (Å²) >= 11 is 0. The summed E-state index contributed by atoms with van der Waals surface area (Å²) in [6.45, 7) is 0.171. The monoisotopic (exact) mass is 291 g/mol. The largest absolute Gasteiger partial charge is 0.478 e. The Bertz CT molecular complexity index is 470. The minimum atomic E-state index is -1.12. The lowest BCUT2D eigenvalue weighted by molar-refractivity contribution is -0.109. The number of hydrogen-bond acceptors (Lipinski definition) is 5. The van der Waals surface area contributed by atoms with E-state index in [1.54, 1.807) is 0 Å². The van der Waals surface area contributed by atoms with Crippen LogP contribution in [0.15, 0.2) is 30.3 Å². The molecule has 112 valence electrons. The maximum atomic E-state index is 11.7. The van der Waals surface area contributed by atoms with Crippen molar-refractivity contribution in [2.45, 2.75) is 37.9 Å². The van der Waals surface area contributed by atoms with E-state index < -0.39 is 19.2 Å². The van der Waals surface area contributed by atoms with Crippen LogP contribution in [0.1, 0.15) is 24.8 Å². The van der Waals surface area contributed by atoms with E-state index in [0.29, 0.717) is 12.8 Å². The fraction of sp³-hybridized carbons (Fsp3) is 0.429. The van der Waals surface area contributed by atoms with Crippen LogP contribution >= 0.6 is 0 Å². The fourth-order valence-electron chi connectivity index (χ4n) is 2.21. The van der Waals surface area contributed by atoms with Gasteiger partial charge in [0.05, 0.1) is 5.94 Å². The Labute approximate surface area is 123 Å². The van der Waals surface area contributed by atoms with Crippen LogP contribution in [0.3, 0.4) is 0 Å². The van der Waals surface area contributed by atoms with Crippen LogP contribution in [0.4, 0.5) is 4.79 Å². The standard InChI is InChI=1S/C14H18BNO5/c17-9-8-12-6-7-13(15(19)21-12)16-14(18)20-10-11-4-2-1-3-5-11/h1-5,9,12-13,19H,6-8,10H2,(H,16,18). The van der Waals surface area contributed by atoms with Crippen molar-refractivity contribution >= 4 is 19.5 Å². The first-order valence-corrected chi connectivity index (χ1v) is 6.93. The predicted molar refractivity (Wildman–Crippen MR) is 76.3 cm³/mol. The van der Waals surface area contributed by atoms with E-state index in [1.165, 1.54) is 0 Å². The number of benzene rings is 1. The lowest BCUT2D eigenvalue weighted by atomic mass is 9.72. The third kappa shape index (κ3) is 4.88. The summed E-state index contributed by atoms with van der Waals surface area (Å²) in [7, 11) is -1.12. The van der Waals surface area contributed by atoms with Gasteiger partial charge in [0.2, 0.25) is 0 Å².